The van der Waals surface area contributed by atoms with E-state index in [0.717, 1.165) is 0 Å². The van der Waals surface area contributed by atoms with Crippen molar-refractivity contribution >= 4 is 17.8 Å². The Morgan fingerprint density at radius 1 is 1.50 bits per heavy atom. The van der Waals surface area contributed by atoms with Crippen molar-refractivity contribution in [2.24, 2.45) is 5.73 Å². The van der Waals surface area contributed by atoms with Gasteiger partial charge in [0.05, 0.1) is 19.0 Å². The summed E-state index contributed by atoms with van der Waals surface area (Å²) >= 11 is 0. The molecule has 0 aliphatic carbocycles. The summed E-state index contributed by atoms with van der Waals surface area (Å²) in [5, 5.41) is 2.68. The maximum absolute atomic E-state index is 12.1. The van der Waals surface area contributed by atoms with Crippen LogP contribution < -0.4 is 11.1 Å². The third-order valence-electron chi connectivity index (χ3n) is 3.49. The summed E-state index contributed by atoms with van der Waals surface area (Å²) < 4.78 is 10.2. The van der Waals surface area contributed by atoms with Crippen molar-refractivity contribution in [3.05, 3.63) is 12.2 Å². The van der Waals surface area contributed by atoms with Crippen molar-refractivity contribution < 1.29 is 23.9 Å². The second kappa shape index (κ2) is 7.37. The molecule has 1 fully saturated rings. The van der Waals surface area contributed by atoms with E-state index in [-0.39, 0.29) is 24.8 Å². The van der Waals surface area contributed by atoms with Gasteiger partial charge in [-0.25, -0.2) is 0 Å². The number of carbonyl (C=O) groups is 3. The minimum Gasteiger partial charge on any atom is -0.433 e. The minimum absolute atomic E-state index is 0.0593. The Hall–Kier alpha value is -1.93. The Balaban J connectivity index is 1.90. The van der Waals surface area contributed by atoms with Crippen LogP contribution in [-0.4, -0.2) is 60.8 Å². The minimum atomic E-state index is -0.775. The van der Waals surface area contributed by atoms with E-state index in [1.807, 2.05) is 12.2 Å². The van der Waals surface area contributed by atoms with E-state index < -0.39 is 24.3 Å². The van der Waals surface area contributed by atoms with Crippen LogP contribution in [0.15, 0.2) is 12.2 Å². The maximum atomic E-state index is 12.1. The zero-order valence-electron chi connectivity index (χ0n) is 12.5. The lowest BCUT2D eigenvalue weighted by molar-refractivity contribution is -0.164. The summed E-state index contributed by atoms with van der Waals surface area (Å²) in [5.74, 6) is -1.05. The van der Waals surface area contributed by atoms with Crippen LogP contribution in [0, 0.1) is 0 Å². The molecule has 0 bridgehead atoms. The van der Waals surface area contributed by atoms with Crippen LogP contribution in [0.1, 0.15) is 19.8 Å². The number of cyclic esters (lactones) is 1. The third-order valence-corrected chi connectivity index (χ3v) is 3.49. The van der Waals surface area contributed by atoms with Crippen molar-refractivity contribution in [1.29, 1.82) is 0 Å². The number of hydrogen-bond donors (Lipinski definition) is 2. The summed E-state index contributed by atoms with van der Waals surface area (Å²) in [5.41, 5.74) is 5.73. The number of nitrogens with zero attached hydrogens (tertiary/aromatic N) is 1. The smallest absolute Gasteiger partial charge is 0.310 e. The molecular formula is C14H21N3O5. The molecular weight excluding hydrogens is 290 g/mol. The molecule has 0 spiro atoms. The van der Waals surface area contributed by atoms with E-state index in [1.165, 1.54) is 4.90 Å². The van der Waals surface area contributed by atoms with Gasteiger partial charge in [-0.15, -0.1) is 0 Å². The second-order valence-electron chi connectivity index (χ2n) is 5.22. The van der Waals surface area contributed by atoms with Gasteiger partial charge in [-0.1, -0.05) is 12.2 Å². The Kier molecular flexibility index (Phi) is 5.51. The molecule has 3 unspecified atom stereocenters. The highest BCUT2D eigenvalue weighted by molar-refractivity contribution is 5.88. The average Bonchev–Trinajstić information content (AvgIpc) is 2.72. The molecule has 2 amide bonds. The zero-order chi connectivity index (χ0) is 16.1. The van der Waals surface area contributed by atoms with E-state index in [0.29, 0.717) is 19.6 Å². The molecule has 0 aromatic carbocycles. The molecule has 2 aliphatic rings. The molecule has 0 saturated carbocycles. The van der Waals surface area contributed by atoms with Crippen LogP contribution in [0.5, 0.6) is 0 Å². The molecule has 1 saturated heterocycles. The molecule has 3 N–H and O–H groups in total. The number of hydrogen-bond acceptors (Lipinski definition) is 6. The van der Waals surface area contributed by atoms with Crippen molar-refractivity contribution in [3.8, 4) is 0 Å². The molecule has 0 aromatic rings. The van der Waals surface area contributed by atoms with Crippen LogP contribution in [0.25, 0.3) is 0 Å². The van der Waals surface area contributed by atoms with Gasteiger partial charge in [-0.3, -0.25) is 14.4 Å². The van der Waals surface area contributed by atoms with Gasteiger partial charge in [0.25, 0.3) is 0 Å². The van der Waals surface area contributed by atoms with Gasteiger partial charge in [0.15, 0.2) is 0 Å². The first kappa shape index (κ1) is 16.4. The number of ether oxygens (including phenoxy) is 2. The predicted octanol–water partition coefficient (Wildman–Crippen LogP) is -1.10. The number of nitrogens with one attached hydrogen (secondary N) is 1. The Morgan fingerprint density at radius 3 is 3.00 bits per heavy atom. The highest BCUT2D eigenvalue weighted by atomic mass is 16.7. The van der Waals surface area contributed by atoms with Crippen LogP contribution in [0.3, 0.4) is 0 Å². The number of carbonyl (C=O) groups excluding carboxylic acids is 3. The summed E-state index contributed by atoms with van der Waals surface area (Å²) in [6, 6.07) is -1.16. The third kappa shape index (κ3) is 4.05. The molecule has 122 valence electrons. The van der Waals surface area contributed by atoms with Gasteiger partial charge in [0.1, 0.15) is 6.04 Å². The number of esters is 1. The maximum Gasteiger partial charge on any atom is 0.310 e. The molecule has 8 heteroatoms. The Morgan fingerprint density at radius 2 is 2.27 bits per heavy atom. The first-order valence-corrected chi connectivity index (χ1v) is 7.31. The van der Waals surface area contributed by atoms with Crippen LogP contribution >= 0.6 is 0 Å². The van der Waals surface area contributed by atoms with E-state index in [1.54, 1.807) is 6.92 Å². The SMILES string of the molecule is CCOC1OC(=O)CC1NC(=O)CN1CC=CCC(N)C1=O. The van der Waals surface area contributed by atoms with Gasteiger partial charge >= 0.3 is 5.97 Å². The van der Waals surface area contributed by atoms with Gasteiger partial charge in [0, 0.05) is 13.2 Å². The molecule has 2 aliphatic heterocycles. The van der Waals surface area contributed by atoms with Crippen molar-refractivity contribution in [1.82, 2.24) is 10.2 Å². The fraction of sp³-hybridized carbons (Fsp3) is 0.643. The lowest BCUT2D eigenvalue weighted by Crippen LogP contribution is -2.50. The first-order chi connectivity index (χ1) is 10.5. The molecule has 3 atom stereocenters. The summed E-state index contributed by atoms with van der Waals surface area (Å²) in [6.45, 7) is 2.37. The number of nitrogens with two attached hydrogens (primary N) is 1. The van der Waals surface area contributed by atoms with Gasteiger partial charge in [-0.05, 0) is 13.3 Å². The van der Waals surface area contributed by atoms with Gasteiger partial charge in [0.2, 0.25) is 18.1 Å². The Bertz CT molecular complexity index is 479. The summed E-state index contributed by atoms with van der Waals surface area (Å²) in [4.78, 5) is 36.8. The molecule has 0 radical (unpaired) electrons. The van der Waals surface area contributed by atoms with Crippen LogP contribution in [0.4, 0.5) is 0 Å². The molecule has 22 heavy (non-hydrogen) atoms. The molecule has 8 nitrogen and oxygen atoms in total. The van der Waals surface area contributed by atoms with Crippen molar-refractivity contribution in [3.63, 3.8) is 0 Å². The summed E-state index contributed by atoms with van der Waals surface area (Å²) in [7, 11) is 0. The van der Waals surface area contributed by atoms with Gasteiger partial charge in [-0.2, -0.15) is 0 Å². The van der Waals surface area contributed by atoms with E-state index in [2.05, 4.69) is 5.32 Å². The highest BCUT2D eigenvalue weighted by Gasteiger charge is 2.37. The lowest BCUT2D eigenvalue weighted by Gasteiger charge is -2.24. The largest absolute Gasteiger partial charge is 0.433 e. The Labute approximate surface area is 128 Å². The number of amides is 2. The highest BCUT2D eigenvalue weighted by Crippen LogP contribution is 2.16. The quantitative estimate of drug-likeness (QED) is 0.492. The zero-order valence-corrected chi connectivity index (χ0v) is 12.5. The lowest BCUT2D eigenvalue weighted by atomic mass is 10.2. The number of rotatable bonds is 5. The fourth-order valence-corrected chi connectivity index (χ4v) is 2.41. The molecule has 0 aromatic heterocycles. The average molecular weight is 311 g/mol. The van der Waals surface area contributed by atoms with Gasteiger partial charge < -0.3 is 25.4 Å². The summed E-state index contributed by atoms with van der Waals surface area (Å²) in [6.07, 6.45) is 3.39. The first-order valence-electron chi connectivity index (χ1n) is 7.31. The topological polar surface area (TPSA) is 111 Å². The standard InChI is InChI=1S/C14H21N3O5/c1-2-21-14-10(7-12(19)22-14)16-11(18)8-17-6-4-3-5-9(15)13(17)20/h3-4,9-10,14H,2,5-8,15H2,1H3,(H,16,18). The van der Waals surface area contributed by atoms with Crippen molar-refractivity contribution in [2.75, 3.05) is 19.7 Å². The van der Waals surface area contributed by atoms with E-state index in [4.69, 9.17) is 15.2 Å². The van der Waals surface area contributed by atoms with Crippen molar-refractivity contribution in [2.45, 2.75) is 38.1 Å². The van der Waals surface area contributed by atoms with E-state index in [9.17, 15) is 14.4 Å². The van der Waals surface area contributed by atoms with Crippen LogP contribution in [0.2, 0.25) is 0 Å². The molecule has 2 heterocycles. The van der Waals surface area contributed by atoms with E-state index >= 15 is 0 Å². The normalized spacial score (nSPS) is 28.5. The monoisotopic (exact) mass is 311 g/mol. The second-order valence-corrected chi connectivity index (χ2v) is 5.22. The molecule has 2 rings (SSSR count). The predicted molar refractivity (Wildman–Crippen MR) is 76.4 cm³/mol. The van der Waals surface area contributed by atoms with Crippen LogP contribution in [-0.2, 0) is 23.9 Å². The fourth-order valence-electron chi connectivity index (χ4n) is 2.41.